The summed E-state index contributed by atoms with van der Waals surface area (Å²) < 4.78 is 5.02. The Bertz CT molecular complexity index is 669. The summed E-state index contributed by atoms with van der Waals surface area (Å²) in [7, 11) is 0. The van der Waals surface area contributed by atoms with Gasteiger partial charge in [0.2, 0.25) is 0 Å². The first-order chi connectivity index (χ1) is 10.1. The van der Waals surface area contributed by atoms with Gasteiger partial charge < -0.3 is 4.42 Å². The van der Waals surface area contributed by atoms with Gasteiger partial charge in [0, 0.05) is 6.08 Å². The van der Waals surface area contributed by atoms with Crippen LogP contribution in [0.4, 0.5) is 0 Å². The average molecular weight is 284 g/mol. The SMILES string of the molecule is Cc1ccc(/C=C/C(=O)NNC(=O)c2ccoc2C)cc1. The van der Waals surface area contributed by atoms with Crippen molar-refractivity contribution in [2.45, 2.75) is 13.8 Å². The minimum Gasteiger partial charge on any atom is -0.469 e. The molecular formula is C16H16N2O3. The summed E-state index contributed by atoms with van der Waals surface area (Å²) >= 11 is 0. The Morgan fingerprint density at radius 1 is 1.05 bits per heavy atom. The van der Waals surface area contributed by atoms with Gasteiger partial charge >= 0.3 is 0 Å². The maximum Gasteiger partial charge on any atom is 0.273 e. The van der Waals surface area contributed by atoms with Gasteiger partial charge in [-0.1, -0.05) is 29.8 Å². The number of aryl methyl sites for hydroxylation is 2. The zero-order valence-electron chi connectivity index (χ0n) is 11.8. The van der Waals surface area contributed by atoms with Gasteiger partial charge in [0.25, 0.3) is 11.8 Å². The summed E-state index contributed by atoms with van der Waals surface area (Å²) in [5.41, 5.74) is 7.08. The number of carbonyl (C=O) groups is 2. The zero-order chi connectivity index (χ0) is 15.2. The molecule has 108 valence electrons. The number of benzene rings is 1. The van der Waals surface area contributed by atoms with Crippen LogP contribution in [-0.2, 0) is 4.79 Å². The number of rotatable bonds is 3. The van der Waals surface area contributed by atoms with Crippen LogP contribution in [0.25, 0.3) is 6.08 Å². The van der Waals surface area contributed by atoms with E-state index in [9.17, 15) is 9.59 Å². The molecule has 2 rings (SSSR count). The number of hydrazine groups is 1. The van der Waals surface area contributed by atoms with Crippen LogP contribution in [0.2, 0.25) is 0 Å². The second-order valence-corrected chi connectivity index (χ2v) is 4.58. The summed E-state index contributed by atoms with van der Waals surface area (Å²) in [5.74, 6) is -0.333. The highest BCUT2D eigenvalue weighted by Gasteiger charge is 2.11. The van der Waals surface area contributed by atoms with Gasteiger partial charge in [-0.05, 0) is 31.6 Å². The highest BCUT2D eigenvalue weighted by molar-refractivity contribution is 5.98. The Morgan fingerprint density at radius 3 is 2.38 bits per heavy atom. The van der Waals surface area contributed by atoms with Crippen LogP contribution < -0.4 is 10.9 Å². The fourth-order valence-corrected chi connectivity index (χ4v) is 1.70. The minimum atomic E-state index is -0.418. The molecule has 0 radical (unpaired) electrons. The van der Waals surface area contributed by atoms with Gasteiger partial charge in [-0.25, -0.2) is 0 Å². The standard InChI is InChI=1S/C16H16N2O3/c1-11-3-5-13(6-4-11)7-8-15(19)17-18-16(20)14-9-10-21-12(14)2/h3-10H,1-2H3,(H,17,19)(H,18,20)/b8-7+. The fraction of sp³-hybridized carbons (Fsp3) is 0.125. The van der Waals surface area contributed by atoms with Crippen molar-refractivity contribution in [1.29, 1.82) is 0 Å². The maximum atomic E-state index is 11.7. The van der Waals surface area contributed by atoms with E-state index in [1.807, 2.05) is 31.2 Å². The Morgan fingerprint density at radius 2 is 1.76 bits per heavy atom. The molecule has 5 nitrogen and oxygen atoms in total. The Hall–Kier alpha value is -2.82. The van der Waals surface area contributed by atoms with E-state index in [1.54, 1.807) is 19.1 Å². The molecule has 0 aliphatic heterocycles. The molecule has 21 heavy (non-hydrogen) atoms. The topological polar surface area (TPSA) is 71.3 Å². The molecule has 0 saturated heterocycles. The van der Waals surface area contributed by atoms with Gasteiger partial charge in [0.05, 0.1) is 11.8 Å². The first-order valence-corrected chi connectivity index (χ1v) is 6.45. The molecular weight excluding hydrogens is 268 g/mol. The summed E-state index contributed by atoms with van der Waals surface area (Å²) in [6, 6.07) is 9.28. The Kier molecular flexibility index (Phi) is 4.56. The molecule has 1 heterocycles. The predicted molar refractivity (Wildman–Crippen MR) is 79.3 cm³/mol. The molecule has 2 aromatic rings. The second-order valence-electron chi connectivity index (χ2n) is 4.58. The molecule has 0 aliphatic carbocycles. The first-order valence-electron chi connectivity index (χ1n) is 6.45. The molecule has 0 unspecified atom stereocenters. The molecule has 2 amide bonds. The van der Waals surface area contributed by atoms with Crippen molar-refractivity contribution in [3.63, 3.8) is 0 Å². The highest BCUT2D eigenvalue weighted by Crippen LogP contribution is 2.07. The molecule has 0 atom stereocenters. The van der Waals surface area contributed by atoms with Gasteiger partial charge in [0.1, 0.15) is 5.76 Å². The number of hydrogen-bond donors (Lipinski definition) is 2. The lowest BCUT2D eigenvalue weighted by atomic mass is 10.1. The average Bonchev–Trinajstić information content (AvgIpc) is 2.90. The molecule has 0 spiro atoms. The molecule has 0 bridgehead atoms. The Balaban J connectivity index is 1.86. The monoisotopic (exact) mass is 284 g/mol. The van der Waals surface area contributed by atoms with E-state index in [1.165, 1.54) is 12.3 Å². The van der Waals surface area contributed by atoms with E-state index >= 15 is 0 Å². The van der Waals surface area contributed by atoms with Crippen LogP contribution in [0.3, 0.4) is 0 Å². The van der Waals surface area contributed by atoms with Crippen LogP contribution in [0.5, 0.6) is 0 Å². The lowest BCUT2D eigenvalue weighted by Gasteiger charge is -2.04. The van der Waals surface area contributed by atoms with Crippen molar-refractivity contribution in [3.05, 3.63) is 65.1 Å². The molecule has 1 aromatic carbocycles. The van der Waals surface area contributed by atoms with Crippen LogP contribution in [0.1, 0.15) is 27.2 Å². The normalized spacial score (nSPS) is 10.6. The smallest absolute Gasteiger partial charge is 0.273 e. The van der Waals surface area contributed by atoms with Crippen molar-refractivity contribution in [1.82, 2.24) is 10.9 Å². The molecule has 1 aromatic heterocycles. The quantitative estimate of drug-likeness (QED) is 0.671. The maximum absolute atomic E-state index is 11.7. The van der Waals surface area contributed by atoms with Crippen LogP contribution in [0, 0.1) is 13.8 Å². The third-order valence-corrected chi connectivity index (χ3v) is 2.91. The third-order valence-electron chi connectivity index (χ3n) is 2.91. The van der Waals surface area contributed by atoms with Gasteiger partial charge in [-0.3, -0.25) is 20.4 Å². The van der Waals surface area contributed by atoms with Crippen LogP contribution in [0.15, 0.2) is 47.1 Å². The van der Waals surface area contributed by atoms with Crippen molar-refractivity contribution in [2.75, 3.05) is 0 Å². The number of furan rings is 1. The summed E-state index contributed by atoms with van der Waals surface area (Å²) in [4.78, 5) is 23.3. The molecule has 0 saturated carbocycles. The summed E-state index contributed by atoms with van der Waals surface area (Å²) in [6.07, 6.45) is 4.45. The van der Waals surface area contributed by atoms with Crippen molar-refractivity contribution < 1.29 is 14.0 Å². The molecule has 2 N–H and O–H groups in total. The zero-order valence-corrected chi connectivity index (χ0v) is 11.8. The highest BCUT2D eigenvalue weighted by atomic mass is 16.3. The van der Waals surface area contributed by atoms with E-state index in [-0.39, 0.29) is 0 Å². The van der Waals surface area contributed by atoms with Crippen LogP contribution in [-0.4, -0.2) is 11.8 Å². The van der Waals surface area contributed by atoms with Gasteiger partial charge in [-0.15, -0.1) is 0 Å². The lowest BCUT2D eigenvalue weighted by molar-refractivity contribution is -0.117. The summed E-state index contributed by atoms with van der Waals surface area (Å²) in [5, 5.41) is 0. The number of carbonyl (C=O) groups excluding carboxylic acids is 2. The van der Waals surface area contributed by atoms with E-state index in [0.717, 1.165) is 11.1 Å². The second kappa shape index (κ2) is 6.56. The Labute approximate surface area is 122 Å². The van der Waals surface area contributed by atoms with Gasteiger partial charge in [0.15, 0.2) is 0 Å². The minimum absolute atomic E-state index is 0.387. The number of nitrogens with one attached hydrogen (secondary N) is 2. The van der Waals surface area contributed by atoms with E-state index in [4.69, 9.17) is 4.42 Å². The van der Waals surface area contributed by atoms with Gasteiger partial charge in [-0.2, -0.15) is 0 Å². The molecule has 5 heteroatoms. The predicted octanol–water partition coefficient (Wildman–Crippen LogP) is 2.37. The van der Waals surface area contributed by atoms with Crippen molar-refractivity contribution in [2.24, 2.45) is 0 Å². The van der Waals surface area contributed by atoms with E-state index in [0.29, 0.717) is 11.3 Å². The molecule has 0 fully saturated rings. The van der Waals surface area contributed by atoms with Crippen LogP contribution >= 0.6 is 0 Å². The van der Waals surface area contributed by atoms with Crippen molar-refractivity contribution >= 4 is 17.9 Å². The van der Waals surface area contributed by atoms with E-state index in [2.05, 4.69) is 10.9 Å². The third kappa shape index (κ3) is 4.07. The summed E-state index contributed by atoms with van der Waals surface area (Å²) in [6.45, 7) is 3.67. The van der Waals surface area contributed by atoms with E-state index < -0.39 is 11.8 Å². The largest absolute Gasteiger partial charge is 0.469 e. The first kappa shape index (κ1) is 14.6. The number of amides is 2. The lowest BCUT2D eigenvalue weighted by Crippen LogP contribution is -2.40. The fourth-order valence-electron chi connectivity index (χ4n) is 1.70. The van der Waals surface area contributed by atoms with Crippen molar-refractivity contribution in [3.8, 4) is 0 Å². The molecule has 0 aliphatic rings. The number of hydrogen-bond acceptors (Lipinski definition) is 3.